The van der Waals surface area contributed by atoms with Crippen LogP contribution >= 0.6 is 0 Å². The molecular formula is C16H18O2. The summed E-state index contributed by atoms with van der Waals surface area (Å²) in [6, 6.07) is 15.9. The number of hydrogen-bond donors (Lipinski definition) is 1. The van der Waals surface area contributed by atoms with Crippen molar-refractivity contribution in [3.05, 3.63) is 65.2 Å². The third-order valence-corrected chi connectivity index (χ3v) is 2.98. The molecule has 2 aromatic rings. The monoisotopic (exact) mass is 242 g/mol. The van der Waals surface area contributed by atoms with E-state index in [0.717, 1.165) is 17.7 Å². The summed E-state index contributed by atoms with van der Waals surface area (Å²) in [5, 5.41) is 9.05. The number of rotatable bonds is 5. The zero-order valence-corrected chi connectivity index (χ0v) is 10.6. The highest BCUT2D eigenvalue weighted by molar-refractivity contribution is 5.29. The van der Waals surface area contributed by atoms with Crippen LogP contribution in [0.3, 0.4) is 0 Å². The molecule has 18 heavy (non-hydrogen) atoms. The predicted octanol–water partition coefficient (Wildman–Crippen LogP) is 3.11. The Balaban J connectivity index is 1.90. The maximum Gasteiger partial charge on any atom is 0.119 e. The van der Waals surface area contributed by atoms with Crippen molar-refractivity contribution in [1.82, 2.24) is 0 Å². The van der Waals surface area contributed by atoms with Crippen LogP contribution in [0.5, 0.6) is 5.75 Å². The Kier molecular flexibility index (Phi) is 4.37. The number of hydrogen-bond acceptors (Lipinski definition) is 2. The van der Waals surface area contributed by atoms with Crippen LogP contribution in [-0.2, 0) is 13.0 Å². The first kappa shape index (κ1) is 12.7. The third kappa shape index (κ3) is 3.34. The first-order valence-corrected chi connectivity index (χ1v) is 6.16. The molecule has 0 aliphatic heterocycles. The molecule has 0 bridgehead atoms. The number of benzene rings is 2. The predicted molar refractivity (Wildman–Crippen MR) is 72.7 cm³/mol. The zero-order valence-electron chi connectivity index (χ0n) is 10.6. The molecule has 0 radical (unpaired) electrons. The Bertz CT molecular complexity index is 506. The fraction of sp³-hybridized carbons (Fsp3) is 0.250. The maximum absolute atomic E-state index is 9.05. The number of aliphatic hydroxyl groups excluding tert-OH is 1. The van der Waals surface area contributed by atoms with Crippen LogP contribution < -0.4 is 4.74 Å². The van der Waals surface area contributed by atoms with E-state index in [9.17, 15) is 0 Å². The highest BCUT2D eigenvalue weighted by Gasteiger charge is 1.99. The van der Waals surface area contributed by atoms with E-state index in [1.165, 1.54) is 11.1 Å². The number of aliphatic hydroxyl groups is 1. The van der Waals surface area contributed by atoms with Gasteiger partial charge in [0.2, 0.25) is 0 Å². The summed E-state index contributed by atoms with van der Waals surface area (Å²) in [5.41, 5.74) is 3.49. The molecule has 2 nitrogen and oxygen atoms in total. The van der Waals surface area contributed by atoms with Gasteiger partial charge in [-0.25, -0.2) is 0 Å². The van der Waals surface area contributed by atoms with E-state index in [4.69, 9.17) is 9.84 Å². The van der Waals surface area contributed by atoms with E-state index in [-0.39, 0.29) is 6.61 Å². The smallest absolute Gasteiger partial charge is 0.119 e. The summed E-state index contributed by atoms with van der Waals surface area (Å²) in [6.07, 6.45) is 0.899. The molecule has 0 aliphatic rings. The molecule has 0 aliphatic carbocycles. The Labute approximate surface area is 108 Å². The van der Waals surface area contributed by atoms with E-state index in [1.807, 2.05) is 30.3 Å². The van der Waals surface area contributed by atoms with E-state index in [1.54, 1.807) is 0 Å². The van der Waals surface area contributed by atoms with Crippen molar-refractivity contribution >= 4 is 0 Å². The molecule has 0 amide bonds. The number of ether oxygens (including phenoxy) is 1. The van der Waals surface area contributed by atoms with E-state index < -0.39 is 0 Å². The average Bonchev–Trinajstić information content (AvgIpc) is 2.41. The molecular weight excluding hydrogens is 224 g/mol. The first-order valence-electron chi connectivity index (χ1n) is 6.16. The van der Waals surface area contributed by atoms with Crippen LogP contribution in [0.1, 0.15) is 16.7 Å². The van der Waals surface area contributed by atoms with Crippen LogP contribution in [0.4, 0.5) is 0 Å². The van der Waals surface area contributed by atoms with Gasteiger partial charge < -0.3 is 9.84 Å². The van der Waals surface area contributed by atoms with Gasteiger partial charge in [-0.2, -0.15) is 0 Å². The van der Waals surface area contributed by atoms with Crippen LogP contribution in [-0.4, -0.2) is 11.7 Å². The zero-order chi connectivity index (χ0) is 12.8. The highest BCUT2D eigenvalue weighted by Crippen LogP contribution is 2.14. The lowest BCUT2D eigenvalue weighted by molar-refractivity contribution is 0.279. The second-order valence-corrected chi connectivity index (χ2v) is 4.33. The van der Waals surface area contributed by atoms with Crippen LogP contribution in [0.2, 0.25) is 0 Å². The molecule has 0 saturated carbocycles. The Hall–Kier alpha value is -1.80. The van der Waals surface area contributed by atoms with Crippen molar-refractivity contribution in [2.45, 2.75) is 20.0 Å². The molecule has 2 aromatic carbocycles. The summed E-state index contributed by atoms with van der Waals surface area (Å²) < 4.78 is 5.70. The molecule has 2 rings (SSSR count). The normalized spacial score (nSPS) is 10.3. The second-order valence-electron chi connectivity index (χ2n) is 4.33. The van der Waals surface area contributed by atoms with Gasteiger partial charge in [-0.05, 0) is 35.7 Å². The summed E-state index contributed by atoms with van der Waals surface area (Å²) in [7, 11) is 0. The summed E-state index contributed by atoms with van der Waals surface area (Å²) in [6.45, 7) is 2.82. The molecule has 0 spiro atoms. The lowest BCUT2D eigenvalue weighted by Crippen LogP contribution is -2.02. The quantitative estimate of drug-likeness (QED) is 0.873. The first-order chi connectivity index (χ1) is 8.79. The molecule has 94 valence electrons. The van der Waals surface area contributed by atoms with Gasteiger partial charge in [0.1, 0.15) is 5.75 Å². The Morgan fingerprint density at radius 3 is 2.67 bits per heavy atom. The van der Waals surface area contributed by atoms with Crippen LogP contribution in [0.15, 0.2) is 48.5 Å². The minimum atomic E-state index is 0.0506. The second kappa shape index (κ2) is 6.22. The van der Waals surface area contributed by atoms with Crippen molar-refractivity contribution < 1.29 is 9.84 Å². The van der Waals surface area contributed by atoms with E-state index in [2.05, 4.69) is 25.1 Å². The molecule has 0 saturated heterocycles. The number of aryl methyl sites for hydroxylation is 1. The van der Waals surface area contributed by atoms with Gasteiger partial charge in [-0.1, -0.05) is 36.4 Å². The topological polar surface area (TPSA) is 29.5 Å². The Morgan fingerprint density at radius 1 is 1.06 bits per heavy atom. The van der Waals surface area contributed by atoms with Gasteiger partial charge in [-0.3, -0.25) is 0 Å². The molecule has 0 heterocycles. The van der Waals surface area contributed by atoms with Crippen molar-refractivity contribution in [3.8, 4) is 5.75 Å². The molecule has 0 unspecified atom stereocenters. The maximum atomic E-state index is 9.05. The van der Waals surface area contributed by atoms with Crippen molar-refractivity contribution in [3.63, 3.8) is 0 Å². The van der Waals surface area contributed by atoms with Crippen LogP contribution in [0, 0.1) is 6.92 Å². The lowest BCUT2D eigenvalue weighted by Gasteiger charge is -2.08. The van der Waals surface area contributed by atoms with Gasteiger partial charge in [0.25, 0.3) is 0 Å². The highest BCUT2D eigenvalue weighted by atomic mass is 16.5. The van der Waals surface area contributed by atoms with Crippen LogP contribution in [0.25, 0.3) is 0 Å². The van der Waals surface area contributed by atoms with E-state index >= 15 is 0 Å². The average molecular weight is 242 g/mol. The van der Waals surface area contributed by atoms with Crippen molar-refractivity contribution in [1.29, 1.82) is 0 Å². The summed E-state index contributed by atoms with van der Waals surface area (Å²) in [4.78, 5) is 0. The third-order valence-electron chi connectivity index (χ3n) is 2.98. The van der Waals surface area contributed by atoms with Crippen molar-refractivity contribution in [2.24, 2.45) is 0 Å². The molecule has 0 fully saturated rings. The molecule has 0 aromatic heterocycles. The summed E-state index contributed by atoms with van der Waals surface area (Å²) in [5.74, 6) is 0.815. The van der Waals surface area contributed by atoms with E-state index in [0.29, 0.717) is 6.61 Å². The van der Waals surface area contributed by atoms with Gasteiger partial charge in [0.15, 0.2) is 0 Å². The SMILES string of the molecule is Cc1ccccc1CCOc1cccc(CO)c1. The fourth-order valence-electron chi connectivity index (χ4n) is 1.90. The standard InChI is InChI=1S/C16H18O2/c1-13-5-2-3-7-15(13)9-10-18-16-8-4-6-14(11-16)12-17/h2-8,11,17H,9-10,12H2,1H3. The van der Waals surface area contributed by atoms with Gasteiger partial charge in [-0.15, -0.1) is 0 Å². The molecule has 0 atom stereocenters. The molecule has 1 N–H and O–H groups in total. The Morgan fingerprint density at radius 2 is 1.89 bits per heavy atom. The lowest BCUT2D eigenvalue weighted by atomic mass is 10.1. The van der Waals surface area contributed by atoms with Gasteiger partial charge in [0, 0.05) is 6.42 Å². The van der Waals surface area contributed by atoms with Gasteiger partial charge >= 0.3 is 0 Å². The minimum Gasteiger partial charge on any atom is -0.493 e. The minimum absolute atomic E-state index is 0.0506. The fourth-order valence-corrected chi connectivity index (χ4v) is 1.90. The molecule has 2 heteroatoms. The van der Waals surface area contributed by atoms with Crippen molar-refractivity contribution in [2.75, 3.05) is 6.61 Å². The largest absolute Gasteiger partial charge is 0.493 e. The van der Waals surface area contributed by atoms with Gasteiger partial charge in [0.05, 0.1) is 13.2 Å². The summed E-state index contributed by atoms with van der Waals surface area (Å²) >= 11 is 0.